The molecule has 0 aliphatic heterocycles. The Kier molecular flexibility index (Phi) is 15.2. The number of fused-ring (bicyclic) bond motifs is 2. The van der Waals surface area contributed by atoms with Crippen LogP contribution < -0.4 is 11.1 Å². The van der Waals surface area contributed by atoms with Crippen LogP contribution in [0, 0.1) is 0 Å². The number of imidazole rings is 2. The van der Waals surface area contributed by atoms with Crippen molar-refractivity contribution in [3.8, 4) is 21.4 Å². The Morgan fingerprint density at radius 2 is 1.15 bits per heavy atom. The predicted octanol–water partition coefficient (Wildman–Crippen LogP) is 4.03. The average molecular weight is 692 g/mol. The molecule has 4 N–H and O–H groups in total. The number of H-pyrrole nitrogens is 2. The standard InChI is InChI=1S/C16H8N6O2P2S2.2C2H5NO2.2V/c23-5-25-15-17-3-9(21-15)13-19-7-1-11-8(2-12(7)28-13)20-14(27-11)10-4-18-16(22-10)26-6-24;2*1-5-2(3)4;;/h1-4,25-26H,(H,17,21)(H,18,22);2*1H3,(H2,3,4);;/q-2;;;2*+2/p-2. The van der Waals surface area contributed by atoms with Gasteiger partial charge in [-0.2, -0.15) is 17.2 Å². The molecule has 204 valence electrons. The molecule has 0 aliphatic rings. The number of methoxy groups -OCH3 is 2. The molecule has 5 aromatic rings. The van der Waals surface area contributed by atoms with Crippen molar-refractivity contribution in [3.63, 3.8) is 0 Å². The summed E-state index contributed by atoms with van der Waals surface area (Å²) in [6.07, 6.45) is 1.38. The maximum Gasteiger partial charge on any atom is 2.00 e. The van der Waals surface area contributed by atoms with Crippen molar-refractivity contribution >= 4 is 95.6 Å². The van der Waals surface area contributed by atoms with Crippen LogP contribution in [0.1, 0.15) is 0 Å². The molecule has 40 heavy (non-hydrogen) atoms. The van der Waals surface area contributed by atoms with Gasteiger partial charge in [-0.3, -0.25) is 9.59 Å². The molecule has 20 heteroatoms. The van der Waals surface area contributed by atoms with E-state index in [1.54, 1.807) is 12.4 Å². The average Bonchev–Trinajstić information content (AvgIpc) is 3.69. The van der Waals surface area contributed by atoms with Crippen molar-refractivity contribution in [2.24, 2.45) is 0 Å². The minimum atomic E-state index is -0.995. The maximum absolute atomic E-state index is 10.5. The van der Waals surface area contributed by atoms with Gasteiger partial charge in [0, 0.05) is 0 Å². The van der Waals surface area contributed by atoms with Crippen LogP contribution in [0.5, 0.6) is 0 Å². The smallest absolute Gasteiger partial charge is 0.632 e. The van der Waals surface area contributed by atoms with Crippen molar-refractivity contribution in [1.29, 1.82) is 0 Å². The third-order valence-corrected chi connectivity index (χ3v) is 7.51. The molecule has 2 amide bonds. The largest absolute Gasteiger partial charge is 2.00 e. The quantitative estimate of drug-likeness (QED) is 0.192. The van der Waals surface area contributed by atoms with Gasteiger partial charge in [-0.15, -0.1) is 22.7 Å². The number of aromatic amines is 2. The second-order valence-corrected chi connectivity index (χ2v) is 10.5. The van der Waals surface area contributed by atoms with Crippen LogP contribution in [0.4, 0.5) is 9.59 Å². The Labute approximate surface area is 261 Å². The van der Waals surface area contributed by atoms with Crippen molar-refractivity contribution in [2.45, 2.75) is 0 Å². The first kappa shape index (κ1) is 35.4. The molecule has 2 radical (unpaired) electrons. The Hall–Kier alpha value is -2.67. The summed E-state index contributed by atoms with van der Waals surface area (Å²) in [5.74, 6) is 0. The number of nitrogens with one attached hydrogen (secondary N) is 4. The zero-order valence-corrected chi connectivity index (χ0v) is 26.7. The fraction of sp³-hybridized carbons (Fsp3) is 0.100. The number of benzene rings is 1. The number of rotatable bonds is 6. The fourth-order valence-corrected chi connectivity index (χ4v) is 5.40. The molecule has 2 unspecified atom stereocenters. The van der Waals surface area contributed by atoms with E-state index in [1.807, 2.05) is 24.2 Å². The number of aromatic nitrogens is 6. The number of hydrogen-bond acceptors (Lipinski definition) is 12. The Bertz CT molecular complexity index is 1430. The first-order valence-electron chi connectivity index (χ1n) is 9.95. The molecular weight excluding hydrogens is 676 g/mol. The van der Waals surface area contributed by atoms with Crippen LogP contribution in [0.15, 0.2) is 24.5 Å². The van der Waals surface area contributed by atoms with Crippen molar-refractivity contribution in [2.75, 3.05) is 14.2 Å². The third kappa shape index (κ3) is 9.76. The number of carbonyl (C=O) groups excluding carboxylic acids is 4. The monoisotopic (exact) mass is 692 g/mol. The molecule has 5 rings (SSSR count). The molecule has 4 heterocycles. The maximum atomic E-state index is 10.5. The topological polar surface area (TPSA) is 217 Å². The molecule has 2 atom stereocenters. The van der Waals surface area contributed by atoms with Gasteiger partial charge in [0.2, 0.25) is 12.2 Å². The van der Waals surface area contributed by atoms with Crippen LogP contribution in [0.25, 0.3) is 53.3 Å². The summed E-state index contributed by atoms with van der Waals surface area (Å²) < 4.78 is 9.59. The summed E-state index contributed by atoms with van der Waals surface area (Å²) in [5.41, 5.74) is 16.5. The molecule has 0 bridgehead atoms. The van der Waals surface area contributed by atoms with Gasteiger partial charge in [-0.1, -0.05) is 0 Å². The number of carbonyl (C=O) groups is 2. The van der Waals surface area contributed by atoms with Crippen LogP contribution in [0.2, 0.25) is 0 Å². The van der Waals surface area contributed by atoms with E-state index in [0.717, 1.165) is 56.1 Å². The van der Waals surface area contributed by atoms with E-state index >= 15 is 0 Å². The van der Waals surface area contributed by atoms with Gasteiger partial charge in [0.15, 0.2) is 0 Å². The van der Waals surface area contributed by atoms with E-state index in [9.17, 15) is 19.2 Å². The van der Waals surface area contributed by atoms with Gasteiger partial charge in [0.05, 0.1) is 69.6 Å². The number of nitrogens with zero attached hydrogens (tertiary/aromatic N) is 4. The van der Waals surface area contributed by atoms with Gasteiger partial charge >= 0.3 is 37.1 Å². The number of ether oxygens (including phenoxy) is 2. The van der Waals surface area contributed by atoms with Crippen LogP contribution in [-0.4, -0.2) is 68.4 Å². The summed E-state index contributed by atoms with van der Waals surface area (Å²) in [6.45, 7) is 0. The number of hydrogen-bond donors (Lipinski definition) is 2. The predicted molar refractivity (Wildman–Crippen MR) is 149 cm³/mol. The minimum absolute atomic E-state index is 0. The number of thiazole rings is 2. The van der Waals surface area contributed by atoms with Gasteiger partial charge < -0.3 is 40.5 Å². The molecule has 0 spiro atoms. The van der Waals surface area contributed by atoms with E-state index in [0.29, 0.717) is 11.1 Å². The summed E-state index contributed by atoms with van der Waals surface area (Å²) in [6, 6.07) is 7.74. The molecular formula is C20H16N8O6P2S2V2. The summed E-state index contributed by atoms with van der Waals surface area (Å²) >= 11 is 3.07. The van der Waals surface area contributed by atoms with Crippen LogP contribution in [0.3, 0.4) is 0 Å². The fourth-order valence-electron chi connectivity index (χ4n) is 2.66. The normalized spacial score (nSPS) is 10.2. The molecule has 4 aromatic heterocycles. The van der Waals surface area contributed by atoms with Crippen molar-refractivity contribution in [1.82, 2.24) is 29.9 Å². The molecule has 0 saturated carbocycles. The summed E-state index contributed by atoms with van der Waals surface area (Å²) in [4.78, 5) is 63.5. The Morgan fingerprint density at radius 1 is 0.800 bits per heavy atom. The van der Waals surface area contributed by atoms with Crippen LogP contribution in [-0.2, 0) is 56.2 Å². The summed E-state index contributed by atoms with van der Waals surface area (Å²) in [5, 5.41) is 1.62. The SMILES string of the molecule is COC([NH-])=O.COC([NH-])=O.O=[C-]Pc1ncc(-c2nc3cc4sc(-c5cnc(P[C-]=O)[nH]5)nc4cc3s2)[nH]1.[V+2].[V+2]. The Morgan fingerprint density at radius 3 is 1.45 bits per heavy atom. The second kappa shape index (κ2) is 17.2. The molecule has 14 nitrogen and oxygen atoms in total. The first-order valence-corrected chi connectivity index (χ1v) is 13.6. The number of amides is 2. The molecule has 0 aliphatic carbocycles. The van der Waals surface area contributed by atoms with Crippen molar-refractivity contribution < 1.29 is 65.8 Å². The second-order valence-electron chi connectivity index (χ2n) is 6.55. The third-order valence-electron chi connectivity index (χ3n) is 4.22. The minimum Gasteiger partial charge on any atom is -0.632 e. The van der Waals surface area contributed by atoms with E-state index in [-0.39, 0.29) is 54.3 Å². The van der Waals surface area contributed by atoms with Gasteiger partial charge in [-0.25, -0.2) is 32.0 Å². The molecule has 0 fully saturated rings. The van der Waals surface area contributed by atoms with E-state index in [2.05, 4.69) is 39.4 Å². The van der Waals surface area contributed by atoms with Crippen molar-refractivity contribution in [3.05, 3.63) is 36.0 Å². The Balaban J connectivity index is 0.000000579. The van der Waals surface area contributed by atoms with E-state index in [1.165, 1.54) is 22.7 Å². The zero-order valence-electron chi connectivity index (χ0n) is 20.3. The first-order chi connectivity index (χ1) is 18.3. The molecule has 0 saturated heterocycles. The molecule has 1 aromatic carbocycles. The van der Waals surface area contributed by atoms with Gasteiger partial charge in [-0.05, 0) is 12.1 Å². The van der Waals surface area contributed by atoms with E-state index in [4.69, 9.17) is 11.5 Å². The van der Waals surface area contributed by atoms with E-state index < -0.39 is 12.2 Å². The van der Waals surface area contributed by atoms with Gasteiger partial charge in [0.1, 0.15) is 10.0 Å². The van der Waals surface area contributed by atoms with Gasteiger partial charge in [0.25, 0.3) is 0 Å². The summed E-state index contributed by atoms with van der Waals surface area (Å²) in [7, 11) is 2.10. The van der Waals surface area contributed by atoms with Crippen LogP contribution >= 0.6 is 39.8 Å². The zero-order chi connectivity index (χ0) is 27.7.